The molecule has 32 heavy (non-hydrogen) atoms. The number of alkyl halides is 4. The SMILES string of the molecule is CCOC(=O)[C@@]12CCCN(C(=O)C3(F)CCC3)C[C@H]1CN(C(C)C)C2.O=C(O)C(F)(F)F. The molecule has 2 aliphatic heterocycles. The average Bonchev–Trinajstić information content (AvgIpc) is 2.95. The highest BCUT2D eigenvalue weighted by atomic mass is 19.4. The molecular formula is C21H32F4N2O5. The standard InChI is InChI=1S/C19H31FN2O3.C2HF3O2/c1-4-25-17(24)18-7-6-10-21(16(23)19(20)8-5-9-19)11-15(18)12-22(13-18)14(2)3;3-2(4,5)1(6)7/h14-15H,4-13H2,1-3H3;(H,6,7)/t15-,18+;/m0./s1. The molecule has 2 saturated heterocycles. The molecule has 3 aliphatic rings. The first-order valence-electron chi connectivity index (χ1n) is 11.0. The first-order valence-corrected chi connectivity index (χ1v) is 11.0. The molecule has 2 heterocycles. The molecule has 3 rings (SSSR count). The van der Waals surface area contributed by atoms with E-state index in [4.69, 9.17) is 14.6 Å². The Morgan fingerprint density at radius 1 is 1.12 bits per heavy atom. The van der Waals surface area contributed by atoms with Gasteiger partial charge in [0, 0.05) is 38.1 Å². The van der Waals surface area contributed by atoms with Crippen molar-refractivity contribution in [1.82, 2.24) is 9.80 Å². The molecule has 3 fully saturated rings. The largest absolute Gasteiger partial charge is 0.490 e. The van der Waals surface area contributed by atoms with Crippen molar-refractivity contribution in [3.63, 3.8) is 0 Å². The maximum absolute atomic E-state index is 14.6. The topological polar surface area (TPSA) is 87.2 Å². The lowest BCUT2D eigenvalue weighted by Crippen LogP contribution is -2.52. The van der Waals surface area contributed by atoms with Crippen molar-refractivity contribution < 1.29 is 41.8 Å². The van der Waals surface area contributed by atoms with Gasteiger partial charge >= 0.3 is 18.1 Å². The van der Waals surface area contributed by atoms with E-state index in [9.17, 15) is 27.2 Å². The molecule has 0 bridgehead atoms. The highest BCUT2D eigenvalue weighted by Crippen LogP contribution is 2.45. The van der Waals surface area contributed by atoms with Crippen LogP contribution in [-0.2, 0) is 19.1 Å². The molecule has 0 aromatic rings. The Hall–Kier alpha value is -1.91. The Bertz CT molecular complexity index is 711. The highest BCUT2D eigenvalue weighted by molar-refractivity contribution is 5.86. The zero-order valence-electron chi connectivity index (χ0n) is 18.7. The first kappa shape index (κ1) is 26.3. The van der Waals surface area contributed by atoms with Crippen LogP contribution in [0.15, 0.2) is 0 Å². The number of ether oxygens (including phenoxy) is 1. The van der Waals surface area contributed by atoms with Crippen molar-refractivity contribution in [2.45, 2.75) is 70.8 Å². The second-order valence-electron chi connectivity index (χ2n) is 9.07. The molecule has 1 saturated carbocycles. The number of likely N-dealkylation sites (tertiary alicyclic amines) is 2. The van der Waals surface area contributed by atoms with Crippen LogP contribution in [0, 0.1) is 11.3 Å². The van der Waals surface area contributed by atoms with Crippen LogP contribution in [0.4, 0.5) is 17.6 Å². The van der Waals surface area contributed by atoms with Gasteiger partial charge in [-0.25, -0.2) is 9.18 Å². The fraction of sp³-hybridized carbons (Fsp3) is 0.857. The van der Waals surface area contributed by atoms with E-state index in [0.29, 0.717) is 51.5 Å². The van der Waals surface area contributed by atoms with E-state index < -0.39 is 23.2 Å². The van der Waals surface area contributed by atoms with Crippen molar-refractivity contribution in [3.8, 4) is 0 Å². The zero-order chi connectivity index (χ0) is 24.3. The van der Waals surface area contributed by atoms with E-state index in [1.54, 1.807) is 4.90 Å². The fourth-order valence-electron chi connectivity index (χ4n) is 4.64. The number of esters is 1. The predicted octanol–water partition coefficient (Wildman–Crippen LogP) is 3.02. The summed E-state index contributed by atoms with van der Waals surface area (Å²) in [6.45, 7) is 8.89. The van der Waals surface area contributed by atoms with Crippen LogP contribution in [0.1, 0.15) is 52.9 Å². The number of carboxylic acids is 1. The van der Waals surface area contributed by atoms with Crippen LogP contribution in [0.2, 0.25) is 0 Å². The summed E-state index contributed by atoms with van der Waals surface area (Å²) in [7, 11) is 0. The predicted molar refractivity (Wildman–Crippen MR) is 106 cm³/mol. The Morgan fingerprint density at radius 2 is 1.72 bits per heavy atom. The summed E-state index contributed by atoms with van der Waals surface area (Å²) in [6.07, 6.45) is -2.18. The number of halogens is 4. The minimum absolute atomic E-state index is 0.0177. The van der Waals surface area contributed by atoms with Gasteiger partial charge in [-0.1, -0.05) is 0 Å². The maximum atomic E-state index is 14.6. The van der Waals surface area contributed by atoms with Crippen LogP contribution in [-0.4, -0.2) is 83.4 Å². The number of aliphatic carboxylic acids is 1. The van der Waals surface area contributed by atoms with Crippen molar-refractivity contribution in [2.75, 3.05) is 32.8 Å². The molecule has 1 aliphatic carbocycles. The summed E-state index contributed by atoms with van der Waals surface area (Å²) in [6, 6.07) is 0.335. The van der Waals surface area contributed by atoms with Crippen molar-refractivity contribution in [2.24, 2.45) is 11.3 Å². The van der Waals surface area contributed by atoms with Gasteiger partial charge in [0.25, 0.3) is 5.91 Å². The Balaban J connectivity index is 0.000000451. The molecule has 2 atom stereocenters. The smallest absolute Gasteiger partial charge is 0.475 e. The number of carbonyl (C=O) groups excluding carboxylic acids is 2. The van der Waals surface area contributed by atoms with E-state index in [1.165, 1.54) is 0 Å². The van der Waals surface area contributed by atoms with Crippen LogP contribution in [0.25, 0.3) is 0 Å². The van der Waals surface area contributed by atoms with Gasteiger partial charge < -0.3 is 14.7 Å². The number of nitrogens with zero attached hydrogens (tertiary/aromatic N) is 2. The van der Waals surface area contributed by atoms with Gasteiger partial charge in [-0.15, -0.1) is 0 Å². The van der Waals surface area contributed by atoms with E-state index in [2.05, 4.69) is 18.7 Å². The third-order valence-corrected chi connectivity index (χ3v) is 6.68. The Labute approximate surface area is 185 Å². The summed E-state index contributed by atoms with van der Waals surface area (Å²) in [4.78, 5) is 38.4. The molecule has 0 aromatic carbocycles. The third kappa shape index (κ3) is 5.52. The zero-order valence-corrected chi connectivity index (χ0v) is 18.7. The lowest BCUT2D eigenvalue weighted by Gasteiger charge is -2.38. The number of hydrogen-bond donors (Lipinski definition) is 1. The maximum Gasteiger partial charge on any atom is 0.490 e. The summed E-state index contributed by atoms with van der Waals surface area (Å²) in [5.41, 5.74) is -2.22. The molecule has 0 unspecified atom stereocenters. The van der Waals surface area contributed by atoms with Crippen LogP contribution in [0.5, 0.6) is 0 Å². The monoisotopic (exact) mass is 468 g/mol. The van der Waals surface area contributed by atoms with E-state index in [-0.39, 0.29) is 17.8 Å². The summed E-state index contributed by atoms with van der Waals surface area (Å²) in [5.74, 6) is -3.24. The lowest BCUT2D eigenvalue weighted by atomic mass is 9.75. The van der Waals surface area contributed by atoms with Gasteiger partial charge in [0.05, 0.1) is 12.0 Å². The normalized spacial score (nSPS) is 27.5. The molecule has 11 heteroatoms. The van der Waals surface area contributed by atoms with E-state index in [1.807, 2.05) is 6.92 Å². The van der Waals surface area contributed by atoms with Crippen molar-refractivity contribution >= 4 is 17.8 Å². The van der Waals surface area contributed by atoms with Gasteiger partial charge in [0.15, 0.2) is 5.67 Å². The van der Waals surface area contributed by atoms with Crippen LogP contribution in [0.3, 0.4) is 0 Å². The first-order chi connectivity index (χ1) is 14.8. The van der Waals surface area contributed by atoms with Gasteiger partial charge in [0.2, 0.25) is 0 Å². The van der Waals surface area contributed by atoms with Gasteiger partial charge in [-0.2, -0.15) is 13.2 Å². The molecule has 1 N–H and O–H groups in total. The fourth-order valence-corrected chi connectivity index (χ4v) is 4.64. The molecule has 0 spiro atoms. The Morgan fingerprint density at radius 3 is 2.16 bits per heavy atom. The Kier molecular flexibility index (Phi) is 8.17. The number of fused-ring (bicyclic) bond motifs is 1. The molecule has 0 aromatic heterocycles. The molecule has 7 nitrogen and oxygen atoms in total. The molecular weight excluding hydrogens is 436 g/mol. The van der Waals surface area contributed by atoms with Gasteiger partial charge in [0.1, 0.15) is 0 Å². The van der Waals surface area contributed by atoms with Crippen molar-refractivity contribution in [1.29, 1.82) is 0 Å². The summed E-state index contributed by atoms with van der Waals surface area (Å²) in [5, 5.41) is 7.12. The number of carbonyl (C=O) groups is 3. The molecule has 184 valence electrons. The number of rotatable bonds is 4. The summed E-state index contributed by atoms with van der Waals surface area (Å²) >= 11 is 0. The lowest BCUT2D eigenvalue weighted by molar-refractivity contribution is -0.192. The average molecular weight is 468 g/mol. The second kappa shape index (κ2) is 9.93. The van der Waals surface area contributed by atoms with E-state index >= 15 is 0 Å². The minimum Gasteiger partial charge on any atom is -0.475 e. The van der Waals surface area contributed by atoms with Crippen molar-refractivity contribution in [3.05, 3.63) is 0 Å². The van der Waals surface area contributed by atoms with Crippen LogP contribution < -0.4 is 0 Å². The minimum atomic E-state index is -5.08. The van der Waals surface area contributed by atoms with E-state index in [0.717, 1.165) is 19.4 Å². The number of carboxylic acid groups (broad SMARTS) is 1. The van der Waals surface area contributed by atoms with Gasteiger partial charge in [-0.05, 0) is 52.9 Å². The van der Waals surface area contributed by atoms with Gasteiger partial charge in [-0.3, -0.25) is 14.5 Å². The van der Waals surface area contributed by atoms with Crippen LogP contribution >= 0.6 is 0 Å². The number of hydrogen-bond acceptors (Lipinski definition) is 5. The molecule has 1 amide bonds. The second-order valence-corrected chi connectivity index (χ2v) is 9.07. The molecule has 0 radical (unpaired) electrons. The highest BCUT2D eigenvalue weighted by Gasteiger charge is 2.56. The third-order valence-electron chi connectivity index (χ3n) is 6.68. The number of amides is 1. The quantitative estimate of drug-likeness (QED) is 0.504. The summed E-state index contributed by atoms with van der Waals surface area (Å²) < 4.78 is 51.8.